The molecular weight excluding hydrogens is 488 g/mol. The van der Waals surface area contributed by atoms with Crippen molar-refractivity contribution in [2.24, 2.45) is 10.9 Å². The zero-order valence-electron chi connectivity index (χ0n) is 19.5. The second-order valence-corrected chi connectivity index (χ2v) is 9.74. The number of anilines is 1. The highest BCUT2D eigenvalue weighted by atomic mass is 32.2. The Kier molecular flexibility index (Phi) is 7.98. The molecule has 0 aromatic heterocycles. The van der Waals surface area contributed by atoms with Gasteiger partial charge >= 0.3 is 0 Å². The Morgan fingerprint density at radius 2 is 1.69 bits per heavy atom. The number of rotatable bonds is 8. The maximum Gasteiger partial charge on any atom is 0.284 e. The van der Waals surface area contributed by atoms with Crippen molar-refractivity contribution in [1.29, 1.82) is 5.41 Å². The number of nitrogens with zero attached hydrogens (tertiary/aromatic N) is 1. The summed E-state index contributed by atoms with van der Waals surface area (Å²) in [5.41, 5.74) is 6.35. The average Bonchev–Trinajstić information content (AvgIpc) is 2.82. The van der Waals surface area contributed by atoms with E-state index in [2.05, 4.69) is 5.32 Å². The molecule has 0 aliphatic rings. The lowest BCUT2D eigenvalue weighted by Gasteiger charge is -2.16. The van der Waals surface area contributed by atoms with Crippen LogP contribution in [0.2, 0.25) is 0 Å². The van der Waals surface area contributed by atoms with Crippen LogP contribution in [-0.2, 0) is 14.8 Å². The van der Waals surface area contributed by atoms with E-state index >= 15 is 4.39 Å². The summed E-state index contributed by atoms with van der Waals surface area (Å²) >= 11 is 0. The van der Waals surface area contributed by atoms with E-state index in [0.717, 1.165) is 6.07 Å². The number of nitrogen functional groups attached to an aromatic ring is 1. The molecule has 0 atom stereocenters. The molecule has 0 saturated carbocycles. The van der Waals surface area contributed by atoms with Gasteiger partial charge < -0.3 is 16.0 Å². The minimum atomic E-state index is -4.06. The number of amides is 1. The highest BCUT2D eigenvalue weighted by Crippen LogP contribution is 2.30. The van der Waals surface area contributed by atoms with Crippen molar-refractivity contribution < 1.29 is 22.0 Å². The first-order valence-corrected chi connectivity index (χ1v) is 12.1. The van der Waals surface area contributed by atoms with E-state index in [4.69, 9.17) is 16.3 Å². The van der Waals surface area contributed by atoms with Gasteiger partial charge in [0, 0.05) is 23.2 Å². The molecule has 6 N–H and O–H groups in total. The minimum absolute atomic E-state index is 0.0275. The Bertz CT molecular complexity index is 1470. The second-order valence-electron chi connectivity index (χ2n) is 8.21. The zero-order chi connectivity index (χ0) is 26.6. The van der Waals surface area contributed by atoms with Crippen molar-refractivity contribution in [2.45, 2.75) is 4.90 Å². The molecule has 0 aliphatic carbocycles. The predicted molar refractivity (Wildman–Crippen MR) is 136 cm³/mol. The van der Waals surface area contributed by atoms with Gasteiger partial charge in [-0.05, 0) is 49.5 Å². The molecule has 3 rings (SSSR count). The summed E-state index contributed by atoms with van der Waals surface area (Å²) in [4.78, 5) is 14.2. The summed E-state index contributed by atoms with van der Waals surface area (Å²) in [5.74, 6) is -3.41. The first-order valence-electron chi connectivity index (χ1n) is 10.6. The number of hydrogen-bond donors (Lipinski definition) is 4. The van der Waals surface area contributed by atoms with Gasteiger partial charge in [0.1, 0.15) is 11.7 Å². The summed E-state index contributed by atoms with van der Waals surface area (Å²) in [6.07, 6.45) is 0. The van der Waals surface area contributed by atoms with Crippen molar-refractivity contribution in [3.63, 3.8) is 0 Å². The normalized spacial score (nSPS) is 12.3. The summed E-state index contributed by atoms with van der Waals surface area (Å²) in [6.45, 7) is 0.0480. The van der Waals surface area contributed by atoms with Gasteiger partial charge in [-0.25, -0.2) is 22.3 Å². The van der Waals surface area contributed by atoms with Gasteiger partial charge in [0.25, 0.3) is 5.91 Å². The van der Waals surface area contributed by atoms with Gasteiger partial charge in [-0.3, -0.25) is 10.2 Å². The third-order valence-corrected chi connectivity index (χ3v) is 6.15. The van der Waals surface area contributed by atoms with E-state index in [1.54, 1.807) is 43.3 Å². The fourth-order valence-corrected chi connectivity index (χ4v) is 4.29. The van der Waals surface area contributed by atoms with Crippen molar-refractivity contribution in [3.8, 4) is 11.1 Å². The summed E-state index contributed by atoms with van der Waals surface area (Å²) < 4.78 is 54.0. The molecular formula is C25H25F2N5O3S. The summed E-state index contributed by atoms with van der Waals surface area (Å²) in [5, 5.41) is 15.1. The van der Waals surface area contributed by atoms with E-state index in [9.17, 15) is 17.6 Å². The van der Waals surface area contributed by atoms with Gasteiger partial charge in [-0.15, -0.1) is 0 Å². The molecule has 11 heteroatoms. The molecule has 1 amide bonds. The van der Waals surface area contributed by atoms with Gasteiger partial charge in [0.05, 0.1) is 10.6 Å². The first kappa shape index (κ1) is 26.7. The summed E-state index contributed by atoms with van der Waals surface area (Å²) in [7, 11) is -0.678. The first-order chi connectivity index (χ1) is 16.9. The van der Waals surface area contributed by atoms with Crippen LogP contribution in [0.5, 0.6) is 0 Å². The lowest BCUT2D eigenvalue weighted by molar-refractivity contribution is -0.114. The molecule has 0 saturated heterocycles. The lowest BCUT2D eigenvalue weighted by atomic mass is 10.0. The van der Waals surface area contributed by atoms with Crippen molar-refractivity contribution in [1.82, 2.24) is 4.90 Å². The maximum absolute atomic E-state index is 15.3. The molecule has 0 bridgehead atoms. The Morgan fingerprint density at radius 1 is 1.03 bits per heavy atom. The molecule has 0 aliphatic heterocycles. The molecule has 8 nitrogen and oxygen atoms in total. The van der Waals surface area contributed by atoms with Crippen LogP contribution in [0.1, 0.15) is 11.1 Å². The number of likely N-dealkylation sites (N-methyl/N-ethyl adjacent to an activating group) is 1. The number of hydrogen-bond acceptors (Lipinski definition) is 5. The molecule has 0 radical (unpaired) electrons. The van der Waals surface area contributed by atoms with Gasteiger partial charge in [-0.2, -0.15) is 0 Å². The van der Waals surface area contributed by atoms with E-state index < -0.39 is 27.6 Å². The van der Waals surface area contributed by atoms with Crippen LogP contribution in [0.3, 0.4) is 0 Å². The fourth-order valence-electron chi connectivity index (χ4n) is 3.53. The van der Waals surface area contributed by atoms with Gasteiger partial charge in [0.2, 0.25) is 10.0 Å². The molecule has 36 heavy (non-hydrogen) atoms. The fraction of sp³-hybridized carbons (Fsp3) is 0.120. The molecule has 0 spiro atoms. The number of primary sulfonamides is 1. The predicted octanol–water partition coefficient (Wildman–Crippen LogP) is 3.31. The second kappa shape index (κ2) is 10.8. The van der Waals surface area contributed by atoms with Crippen molar-refractivity contribution in [3.05, 3.63) is 89.5 Å². The van der Waals surface area contributed by atoms with Crippen molar-refractivity contribution in [2.75, 3.05) is 26.0 Å². The highest BCUT2D eigenvalue weighted by Gasteiger charge is 2.21. The minimum Gasteiger partial charge on any atom is -0.384 e. The standard InChI is InChI=1S/C25H25F2N5O3S/c1-32(2)14-19(15-6-5-7-17(12-15)24(28)29)23(27)25(33)31-21-11-10-16(13-20(21)26)18-8-3-4-9-22(18)36(30,34)35/h3-13H,14H2,1-2H3,(H3,28,29)(H,31,33)(H2,30,34,35)/b23-19+. The Balaban J connectivity index is 1.96. The number of nitrogens with two attached hydrogens (primary N) is 2. The molecule has 0 fully saturated rings. The van der Waals surface area contributed by atoms with E-state index in [1.165, 1.54) is 36.4 Å². The van der Waals surface area contributed by atoms with E-state index in [0.29, 0.717) is 11.1 Å². The Labute approximate surface area is 207 Å². The van der Waals surface area contributed by atoms with Crippen LogP contribution in [0.25, 0.3) is 16.7 Å². The summed E-state index contributed by atoms with van der Waals surface area (Å²) in [6, 6.07) is 15.7. The van der Waals surface area contributed by atoms with Crippen molar-refractivity contribution >= 4 is 33.0 Å². The Morgan fingerprint density at radius 3 is 2.31 bits per heavy atom. The average molecular weight is 514 g/mol. The molecule has 188 valence electrons. The molecule has 3 aromatic carbocycles. The number of benzene rings is 3. The SMILES string of the molecule is CN(C)C/C(=C(\F)C(=O)Nc1ccc(-c2ccccc2S(N)(=O)=O)cc1F)c1cccc(C(=N)N)c1. The maximum atomic E-state index is 15.3. The molecule has 0 unspecified atom stereocenters. The van der Waals surface area contributed by atoms with E-state index in [1.807, 2.05) is 0 Å². The number of sulfonamides is 1. The third kappa shape index (κ3) is 6.19. The number of amidine groups is 1. The van der Waals surface area contributed by atoms with Crippen LogP contribution in [0.15, 0.2) is 77.5 Å². The topological polar surface area (TPSA) is 142 Å². The molecule has 3 aromatic rings. The van der Waals surface area contributed by atoms with Crippen LogP contribution in [0.4, 0.5) is 14.5 Å². The van der Waals surface area contributed by atoms with Gasteiger partial charge in [-0.1, -0.05) is 42.5 Å². The number of nitrogens with one attached hydrogen (secondary N) is 2. The number of halogens is 2. The van der Waals surface area contributed by atoms with E-state index in [-0.39, 0.29) is 39.7 Å². The smallest absolute Gasteiger partial charge is 0.284 e. The largest absolute Gasteiger partial charge is 0.384 e. The van der Waals surface area contributed by atoms with Crippen LogP contribution in [0, 0.1) is 11.2 Å². The number of carbonyl (C=O) groups excluding carboxylic acids is 1. The van der Waals surface area contributed by atoms with Gasteiger partial charge in [0.15, 0.2) is 5.83 Å². The third-order valence-electron chi connectivity index (χ3n) is 5.18. The quantitative estimate of drug-likeness (QED) is 0.208. The number of carbonyl (C=O) groups is 1. The highest BCUT2D eigenvalue weighted by molar-refractivity contribution is 7.89. The van der Waals surface area contributed by atoms with Crippen LogP contribution in [-0.4, -0.2) is 45.7 Å². The Hall–Kier alpha value is -3.93. The monoisotopic (exact) mass is 513 g/mol. The van der Waals surface area contributed by atoms with Crippen LogP contribution >= 0.6 is 0 Å². The van der Waals surface area contributed by atoms with Crippen LogP contribution < -0.4 is 16.2 Å². The lowest BCUT2D eigenvalue weighted by Crippen LogP contribution is -2.20. The molecule has 0 heterocycles. The zero-order valence-corrected chi connectivity index (χ0v) is 20.4.